The second-order valence-corrected chi connectivity index (χ2v) is 6.22. The Morgan fingerprint density at radius 1 is 1.37 bits per heavy atom. The summed E-state index contributed by atoms with van der Waals surface area (Å²) >= 11 is 0. The zero-order valence-electron chi connectivity index (χ0n) is 17.5. The zero-order chi connectivity index (χ0) is 21.9. The second-order valence-electron chi connectivity index (χ2n) is 6.22. The van der Waals surface area contributed by atoms with Crippen LogP contribution >= 0.6 is 0 Å². The summed E-state index contributed by atoms with van der Waals surface area (Å²) in [5, 5.41) is 6.02. The average molecular weight is 412 g/mol. The van der Waals surface area contributed by atoms with E-state index in [-0.39, 0.29) is 23.6 Å². The zero-order valence-corrected chi connectivity index (χ0v) is 17.5. The summed E-state index contributed by atoms with van der Waals surface area (Å²) in [6, 6.07) is 7.82. The van der Waals surface area contributed by atoms with Crippen molar-refractivity contribution in [2.75, 3.05) is 19.4 Å². The fourth-order valence-electron chi connectivity index (χ4n) is 2.82. The number of ether oxygens (including phenoxy) is 1. The minimum absolute atomic E-state index is 0.0280. The van der Waals surface area contributed by atoms with E-state index in [9.17, 15) is 4.79 Å². The van der Waals surface area contributed by atoms with Gasteiger partial charge in [-0.3, -0.25) is 9.79 Å². The lowest BCUT2D eigenvalue weighted by atomic mass is 9.92. The van der Waals surface area contributed by atoms with Crippen molar-refractivity contribution in [3.63, 3.8) is 0 Å². The number of nitrogens with one attached hydrogen (secondary N) is 2. The van der Waals surface area contributed by atoms with Crippen molar-refractivity contribution in [1.29, 1.82) is 0 Å². The van der Waals surface area contributed by atoms with Gasteiger partial charge in [0.1, 0.15) is 5.75 Å². The maximum Gasteiger partial charge on any atom is 0.278 e. The van der Waals surface area contributed by atoms with Gasteiger partial charge in [0.15, 0.2) is 11.5 Å². The molecular weight excluding hydrogens is 382 g/mol. The Morgan fingerprint density at radius 2 is 2.10 bits per heavy atom. The number of carbonyl (C=O) groups is 1. The summed E-state index contributed by atoms with van der Waals surface area (Å²) in [6.45, 7) is 4.95. The van der Waals surface area contributed by atoms with Crippen molar-refractivity contribution in [2.45, 2.75) is 32.4 Å². The number of nitrogens with two attached hydrogens (primary N) is 2. The molecule has 2 heterocycles. The van der Waals surface area contributed by atoms with E-state index in [2.05, 4.69) is 25.6 Å². The molecule has 0 radical (unpaired) electrons. The predicted molar refractivity (Wildman–Crippen MR) is 118 cm³/mol. The Hall–Kier alpha value is -3.46. The van der Waals surface area contributed by atoms with E-state index in [4.69, 9.17) is 16.2 Å². The molecule has 0 spiro atoms. The SMILES string of the molecule is CC.COc1cccc(C(N=C/C(=C\N)NC(=O)c2nccnc2N)C2CCN2)c1. The van der Waals surface area contributed by atoms with Gasteiger partial charge in [-0.25, -0.2) is 9.97 Å². The molecule has 160 valence electrons. The van der Waals surface area contributed by atoms with Gasteiger partial charge in [0.2, 0.25) is 0 Å². The van der Waals surface area contributed by atoms with Gasteiger partial charge in [0.05, 0.1) is 18.8 Å². The number of benzene rings is 1. The van der Waals surface area contributed by atoms with Crippen molar-refractivity contribution < 1.29 is 9.53 Å². The quantitative estimate of drug-likeness (QED) is 0.509. The van der Waals surface area contributed by atoms with Crippen LogP contribution in [0, 0.1) is 0 Å². The summed E-state index contributed by atoms with van der Waals surface area (Å²) in [7, 11) is 1.63. The standard InChI is InChI=1S/C19H23N7O2.C2H6/c1-28-14-4-2-3-12(9-14)16(15-5-6-22-15)25-11-13(10-20)26-19(27)17-18(21)24-8-7-23-17;1-2/h2-4,7-11,15-16,22H,5-6,20H2,1H3,(H2,21,24)(H,26,27);1-2H3/b13-10+,25-11?;. The highest BCUT2D eigenvalue weighted by Crippen LogP contribution is 2.29. The van der Waals surface area contributed by atoms with Gasteiger partial charge < -0.3 is 26.8 Å². The van der Waals surface area contributed by atoms with Crippen LogP contribution in [0.5, 0.6) is 5.75 Å². The molecule has 1 aromatic heterocycles. The minimum Gasteiger partial charge on any atom is -0.497 e. The Balaban J connectivity index is 0.00000155. The molecule has 1 fully saturated rings. The van der Waals surface area contributed by atoms with Crippen LogP contribution in [-0.2, 0) is 0 Å². The van der Waals surface area contributed by atoms with Gasteiger partial charge in [0.25, 0.3) is 5.91 Å². The summed E-state index contributed by atoms with van der Waals surface area (Å²) in [4.78, 5) is 24.8. The van der Waals surface area contributed by atoms with Gasteiger partial charge in [-0.05, 0) is 30.7 Å². The first kappa shape index (κ1) is 22.8. The number of carbonyl (C=O) groups excluding carboxylic acids is 1. The van der Waals surface area contributed by atoms with E-state index in [0.717, 1.165) is 24.3 Å². The highest BCUT2D eigenvalue weighted by molar-refractivity contribution is 6.00. The molecule has 6 N–H and O–H groups in total. The van der Waals surface area contributed by atoms with E-state index in [0.29, 0.717) is 5.70 Å². The lowest BCUT2D eigenvalue weighted by Gasteiger charge is -2.33. The largest absolute Gasteiger partial charge is 0.497 e. The van der Waals surface area contributed by atoms with Crippen molar-refractivity contribution in [3.8, 4) is 5.75 Å². The maximum absolute atomic E-state index is 12.4. The van der Waals surface area contributed by atoms with Gasteiger partial charge in [-0.2, -0.15) is 0 Å². The van der Waals surface area contributed by atoms with Gasteiger partial charge >= 0.3 is 0 Å². The lowest BCUT2D eigenvalue weighted by molar-refractivity contribution is 0.0963. The van der Waals surface area contributed by atoms with Crippen LogP contribution < -0.4 is 26.8 Å². The first-order chi connectivity index (χ1) is 14.6. The third kappa shape index (κ3) is 5.77. The van der Waals surface area contributed by atoms with Crippen LogP contribution in [0.25, 0.3) is 0 Å². The second kappa shape index (κ2) is 11.5. The first-order valence-corrected chi connectivity index (χ1v) is 9.82. The smallest absolute Gasteiger partial charge is 0.278 e. The molecule has 0 saturated carbocycles. The van der Waals surface area contributed by atoms with Gasteiger partial charge in [0, 0.05) is 30.9 Å². The molecule has 2 atom stereocenters. The molecule has 1 aliphatic heterocycles. The molecule has 30 heavy (non-hydrogen) atoms. The number of anilines is 1. The van der Waals surface area contributed by atoms with Crippen LogP contribution in [-0.4, -0.2) is 41.8 Å². The van der Waals surface area contributed by atoms with E-state index in [1.54, 1.807) is 7.11 Å². The lowest BCUT2D eigenvalue weighted by Crippen LogP contribution is -2.46. The highest BCUT2D eigenvalue weighted by atomic mass is 16.5. The molecular formula is C21H29N7O2. The number of hydrogen-bond donors (Lipinski definition) is 4. The Kier molecular flexibility index (Phi) is 8.76. The van der Waals surface area contributed by atoms with Crippen molar-refractivity contribution in [3.05, 3.63) is 59.8 Å². The molecule has 1 aliphatic rings. The molecule has 2 unspecified atom stereocenters. The monoisotopic (exact) mass is 411 g/mol. The topological polar surface area (TPSA) is 141 Å². The average Bonchev–Trinajstić information content (AvgIpc) is 2.75. The number of aliphatic imine (C=N–C) groups is 1. The van der Waals surface area contributed by atoms with Crippen LogP contribution in [0.1, 0.15) is 42.4 Å². The summed E-state index contributed by atoms with van der Waals surface area (Å²) in [6.07, 6.45) is 6.62. The third-order valence-corrected chi connectivity index (χ3v) is 4.43. The van der Waals surface area contributed by atoms with Gasteiger partial charge in [-0.15, -0.1) is 0 Å². The fourth-order valence-corrected chi connectivity index (χ4v) is 2.82. The van der Waals surface area contributed by atoms with Gasteiger partial charge in [-0.1, -0.05) is 26.0 Å². The Morgan fingerprint density at radius 3 is 2.70 bits per heavy atom. The highest BCUT2D eigenvalue weighted by Gasteiger charge is 2.27. The van der Waals surface area contributed by atoms with E-state index in [1.165, 1.54) is 24.8 Å². The van der Waals surface area contributed by atoms with E-state index < -0.39 is 5.91 Å². The van der Waals surface area contributed by atoms with Crippen molar-refractivity contribution in [1.82, 2.24) is 20.6 Å². The number of nitrogen functional groups attached to an aromatic ring is 1. The van der Waals surface area contributed by atoms with E-state index in [1.807, 2.05) is 38.1 Å². The van der Waals surface area contributed by atoms with Crippen molar-refractivity contribution in [2.24, 2.45) is 10.7 Å². The predicted octanol–water partition coefficient (Wildman–Crippen LogP) is 1.80. The number of allylic oxidation sites excluding steroid dienone is 1. The fraction of sp³-hybridized carbons (Fsp3) is 0.333. The molecule has 0 aliphatic carbocycles. The molecule has 0 bridgehead atoms. The Labute approximate surface area is 176 Å². The third-order valence-electron chi connectivity index (χ3n) is 4.43. The molecule has 1 amide bonds. The molecule has 2 aromatic rings. The maximum atomic E-state index is 12.4. The number of hydrogen-bond acceptors (Lipinski definition) is 8. The normalized spacial score (nSPS) is 16.8. The van der Waals surface area contributed by atoms with Crippen LogP contribution in [0.15, 0.2) is 53.5 Å². The molecule has 1 saturated heterocycles. The number of methoxy groups -OCH3 is 1. The molecule has 1 aromatic carbocycles. The van der Waals surface area contributed by atoms with Crippen LogP contribution in [0.4, 0.5) is 5.82 Å². The Bertz CT molecular complexity index is 894. The number of aromatic nitrogens is 2. The summed E-state index contributed by atoms with van der Waals surface area (Å²) in [5.41, 5.74) is 12.7. The number of rotatable bonds is 7. The number of nitrogens with zero attached hydrogens (tertiary/aromatic N) is 3. The minimum atomic E-state index is -0.506. The van der Waals surface area contributed by atoms with Crippen molar-refractivity contribution >= 4 is 17.9 Å². The van der Waals surface area contributed by atoms with Crippen LogP contribution in [0.2, 0.25) is 0 Å². The van der Waals surface area contributed by atoms with Crippen LogP contribution in [0.3, 0.4) is 0 Å². The number of amides is 1. The molecule has 3 rings (SSSR count). The molecule has 9 nitrogen and oxygen atoms in total. The first-order valence-electron chi connectivity index (χ1n) is 9.82. The van der Waals surface area contributed by atoms with E-state index >= 15 is 0 Å². The summed E-state index contributed by atoms with van der Waals surface area (Å²) < 4.78 is 5.31. The molecule has 9 heteroatoms. The summed E-state index contributed by atoms with van der Waals surface area (Å²) in [5.74, 6) is 0.299.